The van der Waals surface area contributed by atoms with Crippen molar-refractivity contribution in [1.82, 2.24) is 4.98 Å². The molecule has 276 valence electrons. The van der Waals surface area contributed by atoms with Crippen LogP contribution in [0.25, 0.3) is 11.6 Å². The van der Waals surface area contributed by atoms with Gasteiger partial charge in [0.25, 0.3) is 0 Å². The Bertz CT molecular complexity index is 2030. The van der Waals surface area contributed by atoms with Gasteiger partial charge in [0.05, 0.1) is 47.1 Å². The lowest BCUT2D eigenvalue weighted by Crippen LogP contribution is -2.35. The Labute approximate surface area is 299 Å². The lowest BCUT2D eigenvalue weighted by molar-refractivity contribution is -0.143. The summed E-state index contributed by atoms with van der Waals surface area (Å²) in [6.45, 7) is -0.258. The zero-order valence-corrected chi connectivity index (χ0v) is 27.9. The van der Waals surface area contributed by atoms with Gasteiger partial charge in [0.2, 0.25) is 11.8 Å². The Balaban J connectivity index is 1.22. The van der Waals surface area contributed by atoms with Gasteiger partial charge in [-0.2, -0.15) is 26.3 Å². The first-order valence-corrected chi connectivity index (χ1v) is 16.8. The van der Waals surface area contributed by atoms with Crippen molar-refractivity contribution < 1.29 is 54.9 Å². The average Bonchev–Trinajstić information content (AvgIpc) is 3.85. The maximum Gasteiger partial charge on any atom is 0.416 e. The Kier molecular flexibility index (Phi) is 9.77. The molecular weight excluding hydrogens is 706 g/mol. The first-order valence-electron chi connectivity index (χ1n) is 16.8. The molecular formula is C39H32F6N2O6. The highest BCUT2D eigenvalue weighted by molar-refractivity contribution is 6.22. The number of imide groups is 1. The maximum atomic E-state index is 14.1. The van der Waals surface area contributed by atoms with Crippen LogP contribution in [0.2, 0.25) is 0 Å². The third kappa shape index (κ3) is 7.38. The molecule has 7 rings (SSSR count). The molecule has 4 heterocycles. The predicted octanol–water partition coefficient (Wildman–Crippen LogP) is 8.13. The second kappa shape index (κ2) is 14.3. The smallest absolute Gasteiger partial charge is 0.416 e. The topological polar surface area (TPSA) is 102 Å². The lowest BCUT2D eigenvalue weighted by Gasteiger charge is -2.31. The van der Waals surface area contributed by atoms with Crippen LogP contribution in [0.4, 0.5) is 32.0 Å². The van der Waals surface area contributed by atoms with Crippen molar-refractivity contribution in [3.63, 3.8) is 0 Å². The molecule has 0 unspecified atom stereocenters. The summed E-state index contributed by atoms with van der Waals surface area (Å²) in [4.78, 5) is 33.0. The summed E-state index contributed by atoms with van der Waals surface area (Å²) in [6, 6.07) is 18.4. The van der Waals surface area contributed by atoms with Crippen LogP contribution in [0.3, 0.4) is 0 Å². The van der Waals surface area contributed by atoms with Crippen molar-refractivity contribution in [3.05, 3.63) is 125 Å². The van der Waals surface area contributed by atoms with Gasteiger partial charge in [0.1, 0.15) is 30.5 Å². The van der Waals surface area contributed by atoms with E-state index in [1.165, 1.54) is 0 Å². The van der Waals surface area contributed by atoms with Crippen molar-refractivity contribution in [2.24, 2.45) is 17.8 Å². The van der Waals surface area contributed by atoms with Crippen LogP contribution in [0.5, 0.6) is 5.75 Å². The average molecular weight is 739 g/mol. The van der Waals surface area contributed by atoms with E-state index in [4.69, 9.17) is 13.9 Å². The molecule has 2 aromatic heterocycles. The SMILES string of the molecule is O=C1[C@@H]2[C@@H](CC(COc3ccccc3)=C3[C@@H](CC/C(=C/c4ccc(CO)o4)c4ccccn4)OC[C@@H]32)C(=O)N1c1cc(C(F)(F)F)cc(C(F)(F)F)c1. The number of fused-ring (bicyclic) bond motifs is 3. The molecule has 2 fully saturated rings. The van der Waals surface area contributed by atoms with Crippen molar-refractivity contribution in [2.45, 2.75) is 44.3 Å². The number of aliphatic hydroxyl groups is 1. The molecule has 2 aliphatic heterocycles. The molecule has 0 saturated carbocycles. The fourth-order valence-electron chi connectivity index (χ4n) is 7.46. The van der Waals surface area contributed by atoms with Crippen LogP contribution < -0.4 is 9.64 Å². The van der Waals surface area contributed by atoms with Gasteiger partial charge < -0.3 is 19.0 Å². The highest BCUT2D eigenvalue weighted by Crippen LogP contribution is 2.51. The number of halogens is 6. The summed E-state index contributed by atoms with van der Waals surface area (Å²) in [7, 11) is 0. The third-order valence-electron chi connectivity index (χ3n) is 9.82. The van der Waals surface area contributed by atoms with Crippen LogP contribution in [-0.2, 0) is 33.3 Å². The number of hydrogen-bond acceptors (Lipinski definition) is 7. The monoisotopic (exact) mass is 738 g/mol. The van der Waals surface area contributed by atoms with Gasteiger partial charge in [-0.3, -0.25) is 14.6 Å². The number of rotatable bonds is 10. The first kappa shape index (κ1) is 36.2. The molecule has 4 aromatic rings. The Morgan fingerprint density at radius 3 is 2.26 bits per heavy atom. The second-order valence-corrected chi connectivity index (χ2v) is 13.1. The van der Waals surface area contributed by atoms with Crippen LogP contribution in [-0.4, -0.2) is 41.2 Å². The molecule has 0 spiro atoms. The number of alkyl halides is 6. The van der Waals surface area contributed by atoms with Gasteiger partial charge in [0.15, 0.2) is 0 Å². The van der Waals surface area contributed by atoms with E-state index in [2.05, 4.69) is 4.98 Å². The molecule has 14 heteroatoms. The predicted molar refractivity (Wildman–Crippen MR) is 179 cm³/mol. The number of nitrogens with zero attached hydrogens (tertiary/aromatic N) is 2. The molecule has 8 nitrogen and oxygen atoms in total. The van der Waals surface area contributed by atoms with Crippen LogP contribution in [0.1, 0.15) is 47.6 Å². The molecule has 4 atom stereocenters. The van der Waals surface area contributed by atoms with Crippen LogP contribution >= 0.6 is 0 Å². The summed E-state index contributed by atoms with van der Waals surface area (Å²) in [5, 5.41) is 9.47. The molecule has 1 N–H and O–H groups in total. The summed E-state index contributed by atoms with van der Waals surface area (Å²) in [6.07, 6.45) is -6.65. The zero-order valence-electron chi connectivity index (χ0n) is 27.9. The third-order valence-corrected chi connectivity index (χ3v) is 9.82. The van der Waals surface area contributed by atoms with Crippen molar-refractivity contribution >= 4 is 29.2 Å². The van der Waals surface area contributed by atoms with E-state index in [9.17, 15) is 41.0 Å². The van der Waals surface area contributed by atoms with Gasteiger partial charge >= 0.3 is 12.4 Å². The molecule has 3 aliphatic rings. The Hall–Kier alpha value is -5.21. The van der Waals surface area contributed by atoms with Crippen molar-refractivity contribution in [1.29, 1.82) is 0 Å². The van der Waals surface area contributed by atoms with E-state index in [1.54, 1.807) is 54.7 Å². The number of anilines is 1. The number of para-hydroxylation sites is 1. The molecule has 2 aromatic carbocycles. The van der Waals surface area contributed by atoms with E-state index in [0.29, 0.717) is 58.4 Å². The van der Waals surface area contributed by atoms with Gasteiger partial charge in [-0.15, -0.1) is 0 Å². The Morgan fingerprint density at radius 2 is 1.62 bits per heavy atom. The van der Waals surface area contributed by atoms with Crippen molar-refractivity contribution in [2.75, 3.05) is 18.1 Å². The van der Waals surface area contributed by atoms with Crippen LogP contribution in [0.15, 0.2) is 101 Å². The largest absolute Gasteiger partial charge is 0.489 e. The number of allylic oxidation sites excluding steroid dienone is 1. The quantitative estimate of drug-likeness (QED) is 0.0997. The standard InChI is InChI=1S/C39H32F6N2O6/c40-38(41,42)24-16-25(39(43,44)45)18-26(17-24)47-36(49)30-15-23(20-51-27-6-2-1-3-7-27)34-31(35(30)37(47)50)21-52-33(34)12-9-22(32-8-4-5-13-46-32)14-28-10-11-29(19-48)53-28/h1-8,10-11,13-14,16-18,30-31,33,35,48H,9,12,15,19-21H2/b22-14-/t30-,31+,33-,35-/m1/s1. The normalized spacial score (nSPS) is 22.0. The second-order valence-electron chi connectivity index (χ2n) is 13.1. The number of aliphatic hydroxyl groups excluding tert-OH is 1. The van der Waals surface area contributed by atoms with E-state index >= 15 is 0 Å². The number of benzene rings is 2. The number of aromatic nitrogens is 1. The summed E-state index contributed by atoms with van der Waals surface area (Å²) in [5.41, 5.74) is -1.19. The number of amides is 2. The minimum atomic E-state index is -5.17. The summed E-state index contributed by atoms with van der Waals surface area (Å²) in [5.74, 6) is -3.15. The van der Waals surface area contributed by atoms with Crippen LogP contribution in [0, 0.1) is 17.8 Å². The molecule has 0 bridgehead atoms. The number of carbonyl (C=O) groups excluding carboxylic acids is 2. The van der Waals surface area contributed by atoms with Gasteiger partial charge in [0, 0.05) is 12.1 Å². The van der Waals surface area contributed by atoms with Gasteiger partial charge in [-0.05, 0) is 96.7 Å². The molecule has 2 saturated heterocycles. The number of ether oxygens (including phenoxy) is 2. The fourth-order valence-corrected chi connectivity index (χ4v) is 7.46. The van der Waals surface area contributed by atoms with E-state index in [-0.39, 0.29) is 32.3 Å². The Morgan fingerprint density at radius 1 is 0.906 bits per heavy atom. The number of hydrogen-bond donors (Lipinski definition) is 1. The zero-order chi connectivity index (χ0) is 37.5. The van der Waals surface area contributed by atoms with Gasteiger partial charge in [-0.25, -0.2) is 4.90 Å². The minimum Gasteiger partial charge on any atom is -0.489 e. The first-order chi connectivity index (χ1) is 25.3. The highest BCUT2D eigenvalue weighted by atomic mass is 19.4. The molecule has 53 heavy (non-hydrogen) atoms. The molecule has 0 radical (unpaired) electrons. The lowest BCUT2D eigenvalue weighted by atomic mass is 9.69. The minimum absolute atomic E-state index is 0.0000654. The van der Waals surface area contributed by atoms with E-state index in [1.807, 2.05) is 18.2 Å². The summed E-state index contributed by atoms with van der Waals surface area (Å²) >= 11 is 0. The number of furan rings is 1. The fraction of sp³-hybridized carbons (Fsp3) is 0.308. The van der Waals surface area contributed by atoms with E-state index < -0.39 is 64.8 Å². The van der Waals surface area contributed by atoms with Gasteiger partial charge in [-0.1, -0.05) is 24.3 Å². The number of pyridine rings is 1. The van der Waals surface area contributed by atoms with Crippen molar-refractivity contribution in [3.8, 4) is 5.75 Å². The molecule has 2 amide bonds. The maximum absolute atomic E-state index is 14.1. The van der Waals surface area contributed by atoms with E-state index in [0.717, 1.165) is 11.1 Å². The highest BCUT2D eigenvalue weighted by Gasteiger charge is 2.58. The number of carbonyl (C=O) groups is 2. The molecule has 1 aliphatic carbocycles. The summed E-state index contributed by atoms with van der Waals surface area (Å²) < 4.78 is 101.